The van der Waals surface area contributed by atoms with Crippen LogP contribution in [0, 0.1) is 0 Å². The number of halogens is 1. The van der Waals surface area contributed by atoms with Crippen LogP contribution in [0.25, 0.3) is 5.57 Å². The van der Waals surface area contributed by atoms with Crippen molar-refractivity contribution in [2.24, 2.45) is 0 Å². The molecule has 0 spiro atoms. The fourth-order valence-corrected chi connectivity index (χ4v) is 2.45. The van der Waals surface area contributed by atoms with Crippen LogP contribution in [0.5, 0.6) is 0 Å². The van der Waals surface area contributed by atoms with Gasteiger partial charge in [-0.25, -0.2) is 0 Å². The molecule has 2 rings (SSSR count). The predicted molar refractivity (Wildman–Crippen MR) is 69.2 cm³/mol. The molecule has 0 fully saturated rings. The Bertz CT molecular complexity index is 371. The lowest BCUT2D eigenvalue weighted by Gasteiger charge is -2.23. The van der Waals surface area contributed by atoms with Crippen LogP contribution < -0.4 is 0 Å². The molecule has 0 aliphatic carbocycles. The molecule has 1 aliphatic heterocycles. The molecular weight excluding hydrogens is 250 g/mol. The van der Waals surface area contributed by atoms with Gasteiger partial charge in [0.2, 0.25) is 0 Å². The molecule has 2 heteroatoms. The summed E-state index contributed by atoms with van der Waals surface area (Å²) < 4.78 is 0. The second kappa shape index (κ2) is 4.95. The van der Waals surface area contributed by atoms with Crippen LogP contribution in [-0.2, 0) is 5.33 Å². The Morgan fingerprint density at radius 3 is 2.80 bits per heavy atom. The van der Waals surface area contributed by atoms with Gasteiger partial charge in [0.15, 0.2) is 0 Å². The van der Waals surface area contributed by atoms with Crippen LogP contribution in [0.15, 0.2) is 30.3 Å². The molecule has 0 bridgehead atoms. The van der Waals surface area contributed by atoms with Gasteiger partial charge in [-0.2, -0.15) is 0 Å². The average Bonchev–Trinajstić information content (AvgIpc) is 2.30. The molecule has 0 saturated heterocycles. The SMILES string of the molecule is CN1CC=C(c2ccccc2CBr)CC1. The van der Waals surface area contributed by atoms with Crippen molar-refractivity contribution < 1.29 is 0 Å². The van der Waals surface area contributed by atoms with Crippen molar-refractivity contribution >= 4 is 21.5 Å². The summed E-state index contributed by atoms with van der Waals surface area (Å²) >= 11 is 3.55. The van der Waals surface area contributed by atoms with Gasteiger partial charge in [-0.1, -0.05) is 46.3 Å². The van der Waals surface area contributed by atoms with Crippen LogP contribution in [0.4, 0.5) is 0 Å². The summed E-state index contributed by atoms with van der Waals surface area (Å²) in [5.74, 6) is 0. The Balaban J connectivity index is 2.29. The Morgan fingerprint density at radius 2 is 2.13 bits per heavy atom. The first-order valence-corrected chi connectivity index (χ1v) is 6.45. The molecular formula is C13H16BrN. The summed E-state index contributed by atoms with van der Waals surface area (Å²) in [6.45, 7) is 2.24. The van der Waals surface area contributed by atoms with Crippen LogP contribution in [-0.4, -0.2) is 25.0 Å². The number of hydrogen-bond acceptors (Lipinski definition) is 1. The van der Waals surface area contributed by atoms with Crippen molar-refractivity contribution in [1.29, 1.82) is 0 Å². The Labute approximate surface area is 99.9 Å². The molecule has 0 saturated carbocycles. The van der Waals surface area contributed by atoms with Gasteiger partial charge in [0.05, 0.1) is 0 Å². The van der Waals surface area contributed by atoms with Gasteiger partial charge in [-0.15, -0.1) is 0 Å². The van der Waals surface area contributed by atoms with E-state index in [9.17, 15) is 0 Å². The van der Waals surface area contributed by atoms with Gasteiger partial charge < -0.3 is 4.90 Å². The largest absolute Gasteiger partial charge is 0.302 e. The Kier molecular flexibility index (Phi) is 3.60. The lowest BCUT2D eigenvalue weighted by atomic mass is 9.96. The lowest BCUT2D eigenvalue weighted by molar-refractivity contribution is 0.370. The summed E-state index contributed by atoms with van der Waals surface area (Å²) in [5.41, 5.74) is 4.32. The quantitative estimate of drug-likeness (QED) is 0.742. The topological polar surface area (TPSA) is 3.24 Å². The third-order valence-corrected chi connectivity index (χ3v) is 3.52. The summed E-state index contributed by atoms with van der Waals surface area (Å²) in [4.78, 5) is 2.35. The van der Waals surface area contributed by atoms with E-state index in [2.05, 4.69) is 58.2 Å². The maximum Gasteiger partial charge on any atom is 0.0289 e. The van der Waals surface area contributed by atoms with Crippen molar-refractivity contribution in [2.75, 3.05) is 20.1 Å². The molecule has 80 valence electrons. The monoisotopic (exact) mass is 265 g/mol. The maximum atomic E-state index is 3.55. The van der Waals surface area contributed by atoms with Gasteiger partial charge >= 0.3 is 0 Å². The van der Waals surface area contributed by atoms with Crippen LogP contribution >= 0.6 is 15.9 Å². The second-order valence-corrected chi connectivity index (χ2v) is 4.59. The molecule has 1 heterocycles. The standard InChI is InChI=1S/C13H16BrN/c1-15-8-6-11(7-9-15)13-5-3-2-4-12(13)10-14/h2-6H,7-10H2,1H3. The zero-order chi connectivity index (χ0) is 10.7. The molecule has 0 atom stereocenters. The first-order chi connectivity index (χ1) is 7.31. The van der Waals surface area contributed by atoms with Crippen molar-refractivity contribution in [3.05, 3.63) is 41.5 Å². The van der Waals surface area contributed by atoms with Crippen molar-refractivity contribution in [1.82, 2.24) is 4.90 Å². The van der Waals surface area contributed by atoms with Crippen molar-refractivity contribution in [3.63, 3.8) is 0 Å². The zero-order valence-corrected chi connectivity index (χ0v) is 10.6. The van der Waals surface area contributed by atoms with Gasteiger partial charge in [0.1, 0.15) is 0 Å². The van der Waals surface area contributed by atoms with E-state index >= 15 is 0 Å². The molecule has 0 aromatic heterocycles. The first kappa shape index (κ1) is 10.9. The highest BCUT2D eigenvalue weighted by Crippen LogP contribution is 2.26. The number of hydrogen-bond donors (Lipinski definition) is 0. The van der Waals surface area contributed by atoms with Crippen LogP contribution in [0.2, 0.25) is 0 Å². The number of benzene rings is 1. The Morgan fingerprint density at radius 1 is 1.33 bits per heavy atom. The fourth-order valence-electron chi connectivity index (χ4n) is 1.97. The molecule has 1 aromatic rings. The summed E-state index contributed by atoms with van der Waals surface area (Å²) in [7, 11) is 2.17. The second-order valence-electron chi connectivity index (χ2n) is 4.03. The van der Waals surface area contributed by atoms with E-state index < -0.39 is 0 Å². The molecule has 0 radical (unpaired) electrons. The summed E-state index contributed by atoms with van der Waals surface area (Å²) in [5, 5.41) is 0.941. The average molecular weight is 266 g/mol. The zero-order valence-electron chi connectivity index (χ0n) is 9.04. The highest BCUT2D eigenvalue weighted by molar-refractivity contribution is 9.08. The summed E-state index contributed by atoms with van der Waals surface area (Å²) in [6, 6.07) is 8.66. The van der Waals surface area contributed by atoms with E-state index in [4.69, 9.17) is 0 Å². The van der Waals surface area contributed by atoms with Gasteiger partial charge in [-0.05, 0) is 30.2 Å². The number of likely N-dealkylation sites (N-methyl/N-ethyl adjacent to an activating group) is 1. The van der Waals surface area contributed by atoms with Gasteiger partial charge in [-0.3, -0.25) is 0 Å². The maximum absolute atomic E-state index is 3.55. The smallest absolute Gasteiger partial charge is 0.0289 e. The van der Waals surface area contributed by atoms with E-state index in [0.29, 0.717) is 0 Å². The van der Waals surface area contributed by atoms with E-state index in [1.807, 2.05) is 0 Å². The minimum atomic E-state index is 0.941. The minimum absolute atomic E-state index is 0.941. The van der Waals surface area contributed by atoms with Gasteiger partial charge in [0, 0.05) is 18.4 Å². The summed E-state index contributed by atoms with van der Waals surface area (Å²) in [6.07, 6.45) is 3.52. The third kappa shape index (κ3) is 2.50. The number of rotatable bonds is 2. The first-order valence-electron chi connectivity index (χ1n) is 5.33. The van der Waals surface area contributed by atoms with E-state index in [1.165, 1.54) is 29.7 Å². The molecule has 1 aromatic carbocycles. The molecule has 1 aliphatic rings. The Hall–Kier alpha value is -0.600. The van der Waals surface area contributed by atoms with Gasteiger partial charge in [0.25, 0.3) is 0 Å². The third-order valence-electron chi connectivity index (χ3n) is 2.92. The predicted octanol–water partition coefficient (Wildman–Crippen LogP) is 3.30. The molecule has 15 heavy (non-hydrogen) atoms. The lowest BCUT2D eigenvalue weighted by Crippen LogP contribution is -2.23. The van der Waals surface area contributed by atoms with Crippen LogP contribution in [0.1, 0.15) is 17.5 Å². The van der Waals surface area contributed by atoms with E-state index in [-0.39, 0.29) is 0 Å². The normalized spacial score (nSPS) is 17.6. The van der Waals surface area contributed by atoms with Crippen molar-refractivity contribution in [3.8, 4) is 0 Å². The number of nitrogens with zero attached hydrogens (tertiary/aromatic N) is 1. The van der Waals surface area contributed by atoms with E-state index in [1.54, 1.807) is 0 Å². The molecule has 1 nitrogen and oxygen atoms in total. The molecule has 0 amide bonds. The highest BCUT2D eigenvalue weighted by atomic mass is 79.9. The molecule has 0 N–H and O–H groups in total. The van der Waals surface area contributed by atoms with E-state index in [0.717, 1.165) is 11.9 Å². The number of alkyl halides is 1. The van der Waals surface area contributed by atoms with Crippen molar-refractivity contribution in [2.45, 2.75) is 11.8 Å². The highest BCUT2D eigenvalue weighted by Gasteiger charge is 2.11. The minimum Gasteiger partial charge on any atom is -0.302 e. The fraction of sp³-hybridized carbons (Fsp3) is 0.385. The molecule has 0 unspecified atom stereocenters. The van der Waals surface area contributed by atoms with Crippen LogP contribution in [0.3, 0.4) is 0 Å².